The van der Waals surface area contributed by atoms with Gasteiger partial charge in [-0.25, -0.2) is 4.98 Å². The number of alkyl halides is 6. The third-order valence-electron chi connectivity index (χ3n) is 1.96. The number of rotatable bonds is 1. The molecule has 2 aromatic rings. The molecule has 0 amide bonds. The first-order chi connectivity index (χ1) is 8.15. The highest BCUT2D eigenvalue weighted by Gasteiger charge is 2.35. The van der Waals surface area contributed by atoms with E-state index in [0.717, 1.165) is 18.2 Å². The van der Waals surface area contributed by atoms with E-state index in [1.54, 1.807) is 0 Å². The number of H-pyrrole nitrogens is 1. The van der Waals surface area contributed by atoms with Crippen molar-refractivity contribution in [2.24, 2.45) is 0 Å². The van der Waals surface area contributed by atoms with Crippen molar-refractivity contribution in [2.45, 2.75) is 16.6 Å². The van der Waals surface area contributed by atoms with E-state index in [0.29, 0.717) is 0 Å². The summed E-state index contributed by atoms with van der Waals surface area (Å²) < 4.78 is 73.2. The van der Waals surface area contributed by atoms with E-state index in [1.807, 2.05) is 4.98 Å². The molecule has 0 saturated carbocycles. The van der Waals surface area contributed by atoms with Crippen LogP contribution < -0.4 is 0 Å². The lowest BCUT2D eigenvalue weighted by Gasteiger charge is -2.04. The molecule has 0 aliphatic rings. The summed E-state index contributed by atoms with van der Waals surface area (Å²) in [7, 11) is 0. The minimum absolute atomic E-state index is 0.0335. The standard InChI is InChI=1S/C9H4F6N2S/c10-8(11,12)7-16-5-2-1-4(3-6(5)17-7)18-9(13,14)15/h1-3H,(H,16,17). The van der Waals surface area contributed by atoms with Crippen molar-refractivity contribution in [1.82, 2.24) is 9.97 Å². The number of aromatic nitrogens is 2. The predicted molar refractivity (Wildman–Crippen MR) is 53.0 cm³/mol. The van der Waals surface area contributed by atoms with Crippen LogP contribution in [0.3, 0.4) is 0 Å². The minimum Gasteiger partial charge on any atom is -0.334 e. The van der Waals surface area contributed by atoms with Gasteiger partial charge >= 0.3 is 11.7 Å². The van der Waals surface area contributed by atoms with Gasteiger partial charge < -0.3 is 4.98 Å². The number of fused-ring (bicyclic) bond motifs is 1. The van der Waals surface area contributed by atoms with Gasteiger partial charge in [0, 0.05) is 4.90 Å². The van der Waals surface area contributed by atoms with Gasteiger partial charge in [0.15, 0.2) is 0 Å². The van der Waals surface area contributed by atoms with Crippen LogP contribution in [0.2, 0.25) is 0 Å². The summed E-state index contributed by atoms with van der Waals surface area (Å²) in [6.45, 7) is 0. The van der Waals surface area contributed by atoms with Gasteiger partial charge in [-0.1, -0.05) is 0 Å². The monoisotopic (exact) mass is 286 g/mol. The second-order valence-corrected chi connectivity index (χ2v) is 4.45. The largest absolute Gasteiger partial charge is 0.449 e. The molecule has 0 atom stereocenters. The molecular weight excluding hydrogens is 282 g/mol. The van der Waals surface area contributed by atoms with Crippen LogP contribution in [0.1, 0.15) is 5.82 Å². The van der Waals surface area contributed by atoms with Gasteiger partial charge in [0.2, 0.25) is 5.82 Å². The summed E-state index contributed by atoms with van der Waals surface area (Å²) in [4.78, 5) is 4.99. The number of hydrogen-bond acceptors (Lipinski definition) is 2. The first kappa shape index (κ1) is 13.1. The van der Waals surface area contributed by atoms with E-state index in [9.17, 15) is 26.3 Å². The fourth-order valence-electron chi connectivity index (χ4n) is 1.32. The molecule has 9 heteroatoms. The van der Waals surface area contributed by atoms with Crippen molar-refractivity contribution < 1.29 is 26.3 Å². The van der Waals surface area contributed by atoms with Gasteiger partial charge in [-0.2, -0.15) is 26.3 Å². The van der Waals surface area contributed by atoms with Gasteiger partial charge in [-0.15, -0.1) is 0 Å². The summed E-state index contributed by atoms with van der Waals surface area (Å²) >= 11 is -0.397. The highest BCUT2D eigenvalue weighted by atomic mass is 32.2. The van der Waals surface area contributed by atoms with Crippen LogP contribution in [0, 0.1) is 0 Å². The lowest BCUT2D eigenvalue weighted by molar-refractivity contribution is -0.144. The average Bonchev–Trinajstić information content (AvgIpc) is 2.57. The Morgan fingerprint density at radius 1 is 1.06 bits per heavy atom. The molecule has 0 unspecified atom stereocenters. The Kier molecular flexibility index (Phi) is 2.96. The van der Waals surface area contributed by atoms with Crippen LogP contribution in [0.5, 0.6) is 0 Å². The van der Waals surface area contributed by atoms with Crippen LogP contribution in [-0.4, -0.2) is 15.5 Å². The summed E-state index contributed by atoms with van der Waals surface area (Å²) in [6.07, 6.45) is -4.66. The van der Waals surface area contributed by atoms with Crippen molar-refractivity contribution in [3.63, 3.8) is 0 Å². The third kappa shape index (κ3) is 2.89. The minimum atomic E-state index is -4.66. The van der Waals surface area contributed by atoms with Crippen LogP contribution >= 0.6 is 11.8 Å². The van der Waals surface area contributed by atoms with Crippen LogP contribution in [-0.2, 0) is 6.18 Å². The number of nitrogens with one attached hydrogen (secondary N) is 1. The Balaban J connectivity index is 2.40. The van der Waals surface area contributed by atoms with Crippen LogP contribution in [0.4, 0.5) is 26.3 Å². The van der Waals surface area contributed by atoms with E-state index >= 15 is 0 Å². The molecule has 0 aliphatic carbocycles. The lowest BCUT2D eigenvalue weighted by atomic mass is 10.3. The summed E-state index contributed by atoms with van der Waals surface area (Å²) in [6, 6.07) is 3.16. The lowest BCUT2D eigenvalue weighted by Crippen LogP contribution is -2.06. The number of nitrogens with zero attached hydrogens (tertiary/aromatic N) is 1. The molecule has 1 aromatic carbocycles. The van der Waals surface area contributed by atoms with Crippen molar-refractivity contribution in [1.29, 1.82) is 0 Å². The highest BCUT2D eigenvalue weighted by molar-refractivity contribution is 8.00. The maximum atomic E-state index is 12.3. The van der Waals surface area contributed by atoms with Crippen molar-refractivity contribution in [2.75, 3.05) is 0 Å². The van der Waals surface area contributed by atoms with Crippen molar-refractivity contribution in [3.8, 4) is 0 Å². The molecule has 2 nitrogen and oxygen atoms in total. The summed E-state index contributed by atoms with van der Waals surface area (Å²) in [5.74, 6) is -1.23. The Morgan fingerprint density at radius 3 is 2.28 bits per heavy atom. The number of halogens is 6. The molecule has 0 fully saturated rings. The first-order valence-electron chi connectivity index (χ1n) is 4.48. The Morgan fingerprint density at radius 2 is 1.72 bits per heavy atom. The maximum Gasteiger partial charge on any atom is 0.449 e. The zero-order chi connectivity index (χ0) is 13.6. The Bertz CT molecular complexity index is 570. The average molecular weight is 286 g/mol. The fourth-order valence-corrected chi connectivity index (χ4v) is 1.90. The zero-order valence-corrected chi connectivity index (χ0v) is 9.17. The molecule has 98 valence electrons. The van der Waals surface area contributed by atoms with E-state index in [-0.39, 0.29) is 15.9 Å². The molecule has 18 heavy (non-hydrogen) atoms. The molecule has 0 aliphatic heterocycles. The molecule has 0 radical (unpaired) electrons. The van der Waals surface area contributed by atoms with E-state index in [2.05, 4.69) is 4.98 Å². The maximum absolute atomic E-state index is 12.3. The van der Waals surface area contributed by atoms with Crippen LogP contribution in [0.25, 0.3) is 11.0 Å². The predicted octanol–water partition coefficient (Wildman–Crippen LogP) is 4.19. The molecule has 0 saturated heterocycles. The van der Waals surface area contributed by atoms with Gasteiger partial charge in [-0.3, -0.25) is 0 Å². The van der Waals surface area contributed by atoms with Gasteiger partial charge in [0.1, 0.15) is 0 Å². The second-order valence-electron chi connectivity index (χ2n) is 3.31. The Hall–Kier alpha value is -1.38. The normalized spacial score (nSPS) is 13.2. The molecular formula is C9H4F6N2S. The topological polar surface area (TPSA) is 28.7 Å². The molecule has 2 rings (SSSR count). The number of thioether (sulfide) groups is 1. The third-order valence-corrected chi connectivity index (χ3v) is 2.68. The number of benzene rings is 1. The SMILES string of the molecule is FC(F)(F)Sc1ccc2nc(C(F)(F)F)[nH]c2c1. The number of imidazole rings is 1. The Labute approximate surface area is 100 Å². The zero-order valence-electron chi connectivity index (χ0n) is 8.36. The van der Waals surface area contributed by atoms with E-state index in [1.165, 1.54) is 0 Å². The van der Waals surface area contributed by atoms with Crippen LogP contribution in [0.15, 0.2) is 23.1 Å². The fraction of sp³-hybridized carbons (Fsp3) is 0.222. The number of hydrogen-bond donors (Lipinski definition) is 1. The van der Waals surface area contributed by atoms with Gasteiger partial charge in [-0.05, 0) is 30.0 Å². The summed E-state index contributed by atoms with van der Waals surface area (Å²) in [5, 5.41) is 0. The first-order valence-corrected chi connectivity index (χ1v) is 5.29. The molecule has 0 bridgehead atoms. The second kappa shape index (κ2) is 4.08. The van der Waals surface area contributed by atoms with E-state index in [4.69, 9.17) is 0 Å². The highest BCUT2D eigenvalue weighted by Crippen LogP contribution is 2.38. The smallest absolute Gasteiger partial charge is 0.334 e. The molecule has 0 spiro atoms. The van der Waals surface area contributed by atoms with E-state index < -0.39 is 29.3 Å². The van der Waals surface area contributed by atoms with Crippen molar-refractivity contribution in [3.05, 3.63) is 24.0 Å². The molecule has 1 N–H and O–H groups in total. The molecule has 1 heterocycles. The number of aromatic amines is 1. The molecule has 1 aromatic heterocycles. The summed E-state index contributed by atoms with van der Waals surface area (Å²) in [5.41, 5.74) is -4.61. The van der Waals surface area contributed by atoms with Gasteiger partial charge in [0.05, 0.1) is 11.0 Å². The van der Waals surface area contributed by atoms with Crippen molar-refractivity contribution >= 4 is 22.8 Å². The quantitative estimate of drug-likeness (QED) is 0.629. The van der Waals surface area contributed by atoms with Gasteiger partial charge in [0.25, 0.3) is 0 Å².